The zero-order valence-corrected chi connectivity index (χ0v) is 13.3. The molecule has 3 rings (SSSR count). The minimum Gasteiger partial charge on any atom is -0.338 e. The zero-order valence-electron chi connectivity index (χ0n) is 13.3. The van der Waals surface area contributed by atoms with Crippen LogP contribution < -0.4 is 10.6 Å². The largest absolute Gasteiger partial charge is 0.338 e. The Morgan fingerprint density at radius 3 is 2.71 bits per heavy atom. The maximum atomic E-state index is 11.9. The molecule has 2 amide bonds. The van der Waals surface area contributed by atoms with Crippen molar-refractivity contribution >= 4 is 11.7 Å². The number of nitrogens with zero attached hydrogens (tertiary/aromatic N) is 4. The number of amides is 2. The first-order valence-electron chi connectivity index (χ1n) is 7.86. The molecule has 24 heavy (non-hydrogen) atoms. The molecule has 0 saturated heterocycles. The fourth-order valence-electron chi connectivity index (χ4n) is 2.33. The molecule has 0 saturated carbocycles. The number of rotatable bonds is 7. The molecule has 2 heterocycles. The van der Waals surface area contributed by atoms with Crippen molar-refractivity contribution in [2.45, 2.75) is 19.5 Å². The van der Waals surface area contributed by atoms with Gasteiger partial charge in [-0.25, -0.2) is 9.78 Å². The summed E-state index contributed by atoms with van der Waals surface area (Å²) in [6, 6.07) is 9.45. The van der Waals surface area contributed by atoms with Gasteiger partial charge in [0.2, 0.25) is 0 Å². The molecule has 0 atom stereocenters. The smallest absolute Gasteiger partial charge is 0.319 e. The van der Waals surface area contributed by atoms with Crippen molar-refractivity contribution in [2.75, 3.05) is 11.9 Å². The molecule has 0 radical (unpaired) electrons. The van der Waals surface area contributed by atoms with E-state index in [2.05, 4.69) is 20.7 Å². The van der Waals surface area contributed by atoms with Crippen LogP contribution in [0.5, 0.6) is 0 Å². The molecule has 0 fully saturated rings. The van der Waals surface area contributed by atoms with E-state index in [4.69, 9.17) is 0 Å². The van der Waals surface area contributed by atoms with E-state index in [0.717, 1.165) is 24.2 Å². The fraction of sp³-hybridized carbons (Fsp3) is 0.235. The number of benzene rings is 1. The van der Waals surface area contributed by atoms with E-state index in [1.807, 2.05) is 52.0 Å². The zero-order chi connectivity index (χ0) is 16.6. The normalized spacial score (nSPS) is 10.5. The number of carbonyl (C=O) groups excluding carboxylic acids is 1. The minimum absolute atomic E-state index is 0.194. The molecule has 124 valence electrons. The SMILES string of the molecule is O=C(NCCCn1ccnc1)Nc1ccc(Cn2cccn2)cc1. The second kappa shape index (κ2) is 7.96. The molecule has 0 unspecified atom stereocenters. The summed E-state index contributed by atoms with van der Waals surface area (Å²) in [6.45, 7) is 2.16. The molecule has 2 N–H and O–H groups in total. The Hall–Kier alpha value is -3.09. The van der Waals surface area contributed by atoms with Crippen LogP contribution in [0.4, 0.5) is 10.5 Å². The Morgan fingerprint density at radius 1 is 1.12 bits per heavy atom. The number of carbonyl (C=O) groups is 1. The van der Waals surface area contributed by atoms with Crippen molar-refractivity contribution in [3.05, 3.63) is 67.0 Å². The van der Waals surface area contributed by atoms with Crippen molar-refractivity contribution < 1.29 is 4.79 Å². The fourth-order valence-corrected chi connectivity index (χ4v) is 2.33. The minimum atomic E-state index is -0.194. The highest BCUT2D eigenvalue weighted by molar-refractivity contribution is 5.89. The van der Waals surface area contributed by atoms with Gasteiger partial charge >= 0.3 is 6.03 Å². The van der Waals surface area contributed by atoms with E-state index in [1.165, 1.54) is 0 Å². The van der Waals surface area contributed by atoms with Gasteiger partial charge in [-0.2, -0.15) is 5.10 Å². The van der Waals surface area contributed by atoms with Crippen LogP contribution in [0, 0.1) is 0 Å². The first kappa shape index (κ1) is 15.8. The number of nitrogens with one attached hydrogen (secondary N) is 2. The van der Waals surface area contributed by atoms with Crippen molar-refractivity contribution in [2.24, 2.45) is 0 Å². The summed E-state index contributed by atoms with van der Waals surface area (Å²) < 4.78 is 3.84. The van der Waals surface area contributed by atoms with Gasteiger partial charge in [-0.3, -0.25) is 4.68 Å². The number of urea groups is 1. The summed E-state index contributed by atoms with van der Waals surface area (Å²) >= 11 is 0. The molecule has 7 nitrogen and oxygen atoms in total. The van der Waals surface area contributed by atoms with Gasteiger partial charge in [0.15, 0.2) is 0 Å². The van der Waals surface area contributed by atoms with Gasteiger partial charge in [-0.05, 0) is 30.2 Å². The summed E-state index contributed by atoms with van der Waals surface area (Å²) in [5.74, 6) is 0. The Morgan fingerprint density at radius 2 is 2.00 bits per heavy atom. The highest BCUT2D eigenvalue weighted by Gasteiger charge is 2.02. The van der Waals surface area contributed by atoms with Gasteiger partial charge in [0.1, 0.15) is 0 Å². The summed E-state index contributed by atoms with van der Waals surface area (Å²) in [4.78, 5) is 15.8. The van der Waals surface area contributed by atoms with Crippen molar-refractivity contribution in [1.29, 1.82) is 0 Å². The van der Waals surface area contributed by atoms with Crippen LogP contribution in [0.3, 0.4) is 0 Å². The number of hydrogen-bond donors (Lipinski definition) is 2. The first-order chi connectivity index (χ1) is 11.8. The standard InChI is InChI=1S/C17H20N6O/c24-17(19-7-1-10-22-12-9-18-14-22)21-16-5-3-15(4-6-16)13-23-11-2-8-20-23/h2-6,8-9,11-12,14H,1,7,10,13H2,(H2,19,21,24). The van der Waals surface area contributed by atoms with Crippen molar-refractivity contribution in [3.63, 3.8) is 0 Å². The Balaban J connectivity index is 1.39. The molecular formula is C17H20N6O. The average Bonchev–Trinajstić information content (AvgIpc) is 3.27. The second-order valence-corrected chi connectivity index (χ2v) is 5.44. The van der Waals surface area contributed by atoms with E-state index in [1.54, 1.807) is 18.7 Å². The first-order valence-corrected chi connectivity index (χ1v) is 7.86. The van der Waals surface area contributed by atoms with Crippen LogP contribution >= 0.6 is 0 Å². The van der Waals surface area contributed by atoms with E-state index in [-0.39, 0.29) is 6.03 Å². The number of hydrogen-bond acceptors (Lipinski definition) is 3. The lowest BCUT2D eigenvalue weighted by Gasteiger charge is -2.09. The molecule has 1 aromatic carbocycles. The number of anilines is 1. The van der Waals surface area contributed by atoms with Gasteiger partial charge in [0, 0.05) is 43.6 Å². The highest BCUT2D eigenvalue weighted by Crippen LogP contribution is 2.10. The lowest BCUT2D eigenvalue weighted by Crippen LogP contribution is -2.30. The van der Waals surface area contributed by atoms with E-state index < -0.39 is 0 Å². The molecule has 0 bridgehead atoms. The van der Waals surface area contributed by atoms with Crippen LogP contribution in [0.25, 0.3) is 0 Å². The monoisotopic (exact) mass is 324 g/mol. The Kier molecular flexibility index (Phi) is 5.24. The average molecular weight is 324 g/mol. The van der Waals surface area contributed by atoms with Crippen LogP contribution in [-0.4, -0.2) is 31.9 Å². The van der Waals surface area contributed by atoms with E-state index in [0.29, 0.717) is 13.1 Å². The molecule has 3 aromatic rings. The lowest BCUT2D eigenvalue weighted by atomic mass is 10.2. The Bertz CT molecular complexity index is 734. The summed E-state index contributed by atoms with van der Waals surface area (Å²) in [6.07, 6.45) is 9.95. The maximum absolute atomic E-state index is 11.9. The quantitative estimate of drug-likeness (QED) is 0.655. The van der Waals surface area contributed by atoms with E-state index >= 15 is 0 Å². The molecular weight excluding hydrogens is 304 g/mol. The Labute approximate surface area is 140 Å². The van der Waals surface area contributed by atoms with Gasteiger partial charge in [-0.1, -0.05) is 12.1 Å². The molecule has 7 heteroatoms. The van der Waals surface area contributed by atoms with Gasteiger partial charge in [-0.15, -0.1) is 0 Å². The third-order valence-electron chi connectivity index (χ3n) is 3.55. The number of imidazole rings is 1. The third kappa shape index (κ3) is 4.70. The van der Waals surface area contributed by atoms with Crippen LogP contribution in [0.1, 0.15) is 12.0 Å². The molecule has 0 aliphatic carbocycles. The lowest BCUT2D eigenvalue weighted by molar-refractivity contribution is 0.252. The van der Waals surface area contributed by atoms with Crippen LogP contribution in [-0.2, 0) is 13.1 Å². The van der Waals surface area contributed by atoms with Crippen molar-refractivity contribution in [3.8, 4) is 0 Å². The van der Waals surface area contributed by atoms with Crippen LogP contribution in [0.2, 0.25) is 0 Å². The molecule has 0 aliphatic heterocycles. The van der Waals surface area contributed by atoms with Crippen molar-refractivity contribution in [1.82, 2.24) is 24.6 Å². The maximum Gasteiger partial charge on any atom is 0.319 e. The van der Waals surface area contributed by atoms with E-state index in [9.17, 15) is 4.79 Å². The molecule has 2 aromatic heterocycles. The summed E-state index contributed by atoms with van der Waals surface area (Å²) in [5.41, 5.74) is 1.90. The molecule has 0 aliphatic rings. The predicted octanol–water partition coefficient (Wildman–Crippen LogP) is 2.34. The molecule has 0 spiro atoms. The van der Waals surface area contributed by atoms with Crippen LogP contribution in [0.15, 0.2) is 61.4 Å². The number of aromatic nitrogens is 4. The second-order valence-electron chi connectivity index (χ2n) is 5.44. The third-order valence-corrected chi connectivity index (χ3v) is 3.55. The summed E-state index contributed by atoms with van der Waals surface area (Å²) in [5, 5.41) is 9.85. The highest BCUT2D eigenvalue weighted by atomic mass is 16.2. The topological polar surface area (TPSA) is 76.8 Å². The summed E-state index contributed by atoms with van der Waals surface area (Å²) in [7, 11) is 0. The number of aryl methyl sites for hydroxylation is 1. The predicted molar refractivity (Wildman–Crippen MR) is 91.6 cm³/mol. The van der Waals surface area contributed by atoms with Gasteiger partial charge in [0.05, 0.1) is 12.9 Å². The van der Waals surface area contributed by atoms with Gasteiger partial charge < -0.3 is 15.2 Å². The van der Waals surface area contributed by atoms with Gasteiger partial charge in [0.25, 0.3) is 0 Å².